The van der Waals surface area contributed by atoms with Crippen LogP contribution in [0, 0.1) is 11.8 Å². The number of amides is 1. The van der Waals surface area contributed by atoms with Crippen molar-refractivity contribution in [3.8, 4) is 0 Å². The van der Waals surface area contributed by atoms with Crippen molar-refractivity contribution >= 4 is 5.91 Å². The Hall–Kier alpha value is -1.56. The Bertz CT molecular complexity index is 600. The van der Waals surface area contributed by atoms with Gasteiger partial charge >= 0.3 is 6.18 Å². The van der Waals surface area contributed by atoms with Crippen molar-refractivity contribution in [2.24, 2.45) is 11.8 Å². The number of carbonyl (C=O) groups excluding carboxylic acids is 1. The molecule has 3 unspecified atom stereocenters. The summed E-state index contributed by atoms with van der Waals surface area (Å²) in [5, 5.41) is 3.15. The van der Waals surface area contributed by atoms with Crippen LogP contribution in [0.25, 0.3) is 0 Å². The summed E-state index contributed by atoms with van der Waals surface area (Å²) in [7, 11) is 1.91. The Morgan fingerprint density at radius 2 is 2.17 bits per heavy atom. The first kappa shape index (κ1) is 17.3. The number of nitrogens with one attached hydrogen (secondary N) is 1. The summed E-state index contributed by atoms with van der Waals surface area (Å²) in [6.07, 6.45) is -1.56. The standard InChI is InChI=1S/C18H23F3N2O/c1-22-10-12-4-3-7-23(11-12)17(24)16-9-15(16)13-5-2-6-14(8-13)18(19,20)21/h2,5-6,8,12,15-16,22H,3-4,7,9-11H2,1H3. The zero-order valence-corrected chi connectivity index (χ0v) is 13.8. The van der Waals surface area contributed by atoms with Crippen LogP contribution in [-0.2, 0) is 11.0 Å². The average Bonchev–Trinajstić information content (AvgIpc) is 3.35. The molecule has 0 radical (unpaired) electrons. The Kier molecular flexibility index (Phi) is 4.85. The molecule has 1 saturated heterocycles. The molecule has 0 bridgehead atoms. The molecule has 24 heavy (non-hydrogen) atoms. The summed E-state index contributed by atoms with van der Waals surface area (Å²) < 4.78 is 38.5. The van der Waals surface area contributed by atoms with Crippen LogP contribution in [0.5, 0.6) is 0 Å². The van der Waals surface area contributed by atoms with E-state index in [1.165, 1.54) is 12.1 Å². The van der Waals surface area contributed by atoms with Gasteiger partial charge in [-0.1, -0.05) is 18.2 Å². The number of piperidine rings is 1. The van der Waals surface area contributed by atoms with Crippen LogP contribution in [-0.4, -0.2) is 37.5 Å². The lowest BCUT2D eigenvalue weighted by Crippen LogP contribution is -2.43. The van der Waals surface area contributed by atoms with Crippen molar-refractivity contribution in [2.45, 2.75) is 31.4 Å². The minimum Gasteiger partial charge on any atom is -0.342 e. The molecule has 3 nitrogen and oxygen atoms in total. The lowest BCUT2D eigenvalue weighted by atomic mass is 9.97. The number of benzene rings is 1. The number of halogens is 3. The molecule has 1 N–H and O–H groups in total. The first-order valence-corrected chi connectivity index (χ1v) is 8.50. The van der Waals surface area contributed by atoms with Gasteiger partial charge in [0.1, 0.15) is 0 Å². The Balaban J connectivity index is 1.63. The number of hydrogen-bond acceptors (Lipinski definition) is 2. The Labute approximate surface area is 140 Å². The summed E-state index contributed by atoms with van der Waals surface area (Å²) >= 11 is 0. The zero-order chi connectivity index (χ0) is 17.3. The quantitative estimate of drug-likeness (QED) is 0.912. The highest BCUT2D eigenvalue weighted by atomic mass is 19.4. The van der Waals surface area contributed by atoms with Gasteiger partial charge in [-0.25, -0.2) is 0 Å². The third-order valence-corrected chi connectivity index (χ3v) is 5.07. The highest BCUT2D eigenvalue weighted by molar-refractivity contribution is 5.83. The van der Waals surface area contributed by atoms with Crippen molar-refractivity contribution in [3.63, 3.8) is 0 Å². The van der Waals surface area contributed by atoms with Crippen molar-refractivity contribution in [1.29, 1.82) is 0 Å². The molecule has 3 atom stereocenters. The number of likely N-dealkylation sites (tertiary alicyclic amines) is 1. The average molecular weight is 340 g/mol. The Morgan fingerprint density at radius 3 is 2.88 bits per heavy atom. The number of hydrogen-bond donors (Lipinski definition) is 1. The van der Waals surface area contributed by atoms with Crippen LogP contribution in [0.2, 0.25) is 0 Å². The van der Waals surface area contributed by atoms with Gasteiger partial charge in [-0.2, -0.15) is 13.2 Å². The fourth-order valence-electron chi connectivity index (χ4n) is 3.74. The Morgan fingerprint density at radius 1 is 1.38 bits per heavy atom. The number of carbonyl (C=O) groups is 1. The number of rotatable bonds is 4. The van der Waals surface area contributed by atoms with Gasteiger partial charge in [0.25, 0.3) is 0 Å². The highest BCUT2D eigenvalue weighted by Gasteiger charge is 2.46. The molecule has 1 amide bonds. The van der Waals surface area contributed by atoms with Gasteiger partial charge in [0.2, 0.25) is 5.91 Å². The van der Waals surface area contributed by atoms with Gasteiger partial charge in [0.15, 0.2) is 0 Å². The van der Waals surface area contributed by atoms with E-state index in [0.29, 0.717) is 17.9 Å². The molecule has 2 fully saturated rings. The van der Waals surface area contributed by atoms with Crippen molar-refractivity contribution < 1.29 is 18.0 Å². The summed E-state index contributed by atoms with van der Waals surface area (Å²) in [5.41, 5.74) is -0.00267. The molecule has 1 heterocycles. The van der Waals surface area contributed by atoms with E-state index in [9.17, 15) is 18.0 Å². The number of alkyl halides is 3. The maximum absolute atomic E-state index is 12.8. The molecule has 132 valence electrons. The minimum absolute atomic E-state index is 0.0653. The summed E-state index contributed by atoms with van der Waals surface area (Å²) in [4.78, 5) is 14.6. The van der Waals surface area contributed by atoms with E-state index in [1.54, 1.807) is 6.07 Å². The second-order valence-electron chi connectivity index (χ2n) is 6.92. The molecule has 1 aliphatic carbocycles. The smallest absolute Gasteiger partial charge is 0.342 e. The van der Waals surface area contributed by atoms with E-state index < -0.39 is 11.7 Å². The molecule has 2 aliphatic rings. The highest BCUT2D eigenvalue weighted by Crippen LogP contribution is 2.49. The van der Waals surface area contributed by atoms with E-state index in [-0.39, 0.29) is 17.7 Å². The van der Waals surface area contributed by atoms with Gasteiger partial charge < -0.3 is 10.2 Å². The van der Waals surface area contributed by atoms with Crippen LogP contribution >= 0.6 is 0 Å². The lowest BCUT2D eigenvalue weighted by Gasteiger charge is -2.33. The normalized spacial score (nSPS) is 27.2. The van der Waals surface area contributed by atoms with Gasteiger partial charge in [-0.3, -0.25) is 4.79 Å². The second kappa shape index (κ2) is 6.75. The molecular formula is C18H23F3N2O. The van der Waals surface area contributed by atoms with E-state index in [2.05, 4.69) is 5.32 Å². The topological polar surface area (TPSA) is 32.3 Å². The molecule has 1 aliphatic heterocycles. The SMILES string of the molecule is CNCC1CCCN(C(=O)C2CC2c2cccc(C(F)(F)F)c2)C1. The minimum atomic E-state index is -4.34. The van der Waals surface area contributed by atoms with Crippen LogP contribution in [0.3, 0.4) is 0 Å². The van der Waals surface area contributed by atoms with Crippen LogP contribution in [0.15, 0.2) is 24.3 Å². The number of nitrogens with zero attached hydrogens (tertiary/aromatic N) is 1. The van der Waals surface area contributed by atoms with Crippen molar-refractivity contribution in [3.05, 3.63) is 35.4 Å². The van der Waals surface area contributed by atoms with Gasteiger partial charge in [0, 0.05) is 19.0 Å². The van der Waals surface area contributed by atoms with Crippen LogP contribution in [0.1, 0.15) is 36.3 Å². The third-order valence-electron chi connectivity index (χ3n) is 5.07. The van der Waals surface area contributed by atoms with E-state index in [0.717, 1.165) is 38.5 Å². The summed E-state index contributed by atoms with van der Waals surface area (Å²) in [5.74, 6) is 0.364. The molecule has 6 heteroatoms. The van der Waals surface area contributed by atoms with Gasteiger partial charge in [-0.15, -0.1) is 0 Å². The monoisotopic (exact) mass is 340 g/mol. The molecule has 0 aromatic heterocycles. The molecular weight excluding hydrogens is 317 g/mol. The third kappa shape index (κ3) is 3.74. The maximum atomic E-state index is 12.8. The lowest BCUT2D eigenvalue weighted by molar-refractivity contribution is -0.137. The van der Waals surface area contributed by atoms with Gasteiger partial charge in [0.05, 0.1) is 5.56 Å². The van der Waals surface area contributed by atoms with E-state index in [4.69, 9.17) is 0 Å². The molecule has 1 aromatic rings. The fourth-order valence-corrected chi connectivity index (χ4v) is 3.74. The largest absolute Gasteiger partial charge is 0.416 e. The first-order valence-electron chi connectivity index (χ1n) is 8.50. The molecule has 1 aromatic carbocycles. The van der Waals surface area contributed by atoms with Crippen molar-refractivity contribution in [2.75, 3.05) is 26.7 Å². The van der Waals surface area contributed by atoms with E-state index >= 15 is 0 Å². The van der Waals surface area contributed by atoms with Crippen LogP contribution in [0.4, 0.5) is 13.2 Å². The fraction of sp³-hybridized carbons (Fsp3) is 0.611. The van der Waals surface area contributed by atoms with E-state index in [1.807, 2.05) is 11.9 Å². The zero-order valence-electron chi connectivity index (χ0n) is 13.8. The second-order valence-corrected chi connectivity index (χ2v) is 6.92. The van der Waals surface area contributed by atoms with Crippen LogP contribution < -0.4 is 5.32 Å². The molecule has 3 rings (SSSR count). The first-order chi connectivity index (χ1) is 11.4. The summed E-state index contributed by atoms with van der Waals surface area (Å²) in [6, 6.07) is 5.41. The van der Waals surface area contributed by atoms with Crippen molar-refractivity contribution in [1.82, 2.24) is 10.2 Å². The van der Waals surface area contributed by atoms with Gasteiger partial charge in [-0.05, 0) is 56.3 Å². The predicted molar refractivity (Wildman–Crippen MR) is 85.5 cm³/mol. The maximum Gasteiger partial charge on any atom is 0.416 e. The predicted octanol–water partition coefficient (Wildman–Crippen LogP) is 3.27. The molecule has 0 spiro atoms. The summed E-state index contributed by atoms with van der Waals surface area (Å²) in [6.45, 7) is 2.42. The molecule has 1 saturated carbocycles.